The second-order valence-corrected chi connectivity index (χ2v) is 10.9. The molecule has 2 aliphatic rings. The molecular weight excluding hydrogens is 474 g/mol. The van der Waals surface area contributed by atoms with Gasteiger partial charge in [0.05, 0.1) is 12.6 Å². The van der Waals surface area contributed by atoms with E-state index < -0.39 is 10.0 Å². The van der Waals surface area contributed by atoms with Crippen LogP contribution in [0.25, 0.3) is 0 Å². The smallest absolute Gasteiger partial charge is 0.242 e. The molecule has 1 fully saturated rings. The van der Waals surface area contributed by atoms with E-state index in [1.54, 1.807) is 12.1 Å². The van der Waals surface area contributed by atoms with Gasteiger partial charge in [-0.05, 0) is 35.9 Å². The van der Waals surface area contributed by atoms with E-state index in [0.717, 1.165) is 11.1 Å². The van der Waals surface area contributed by atoms with Crippen molar-refractivity contribution in [3.63, 3.8) is 0 Å². The number of rotatable bonds is 6. The topological polar surface area (TPSA) is 91.8 Å². The molecule has 3 aromatic rings. The van der Waals surface area contributed by atoms with Gasteiger partial charge in [0.2, 0.25) is 10.0 Å². The SMILES string of the molecule is O=S(=O)(NC1CCOc2ccccc21)c1ccc(N2C[C@@H](CO)[C@H](c3ccc(Cl)cc3)C2)nc1. The maximum atomic E-state index is 13.1. The highest BCUT2D eigenvalue weighted by Gasteiger charge is 2.34. The Morgan fingerprint density at radius 3 is 2.62 bits per heavy atom. The Labute approximate surface area is 204 Å². The Morgan fingerprint density at radius 2 is 1.88 bits per heavy atom. The van der Waals surface area contributed by atoms with Gasteiger partial charge in [-0.2, -0.15) is 0 Å². The number of sulfonamides is 1. The third kappa shape index (κ3) is 4.63. The van der Waals surface area contributed by atoms with Crippen LogP contribution >= 0.6 is 11.6 Å². The number of benzene rings is 2. The van der Waals surface area contributed by atoms with E-state index in [-0.39, 0.29) is 29.4 Å². The van der Waals surface area contributed by atoms with Crippen LogP contribution < -0.4 is 14.4 Å². The number of aromatic nitrogens is 1. The Morgan fingerprint density at radius 1 is 1.09 bits per heavy atom. The molecule has 0 radical (unpaired) electrons. The van der Waals surface area contributed by atoms with Crippen molar-refractivity contribution >= 4 is 27.4 Å². The highest BCUT2D eigenvalue weighted by Crippen LogP contribution is 2.36. The Balaban J connectivity index is 1.31. The van der Waals surface area contributed by atoms with Crippen molar-refractivity contribution < 1.29 is 18.3 Å². The first kappa shape index (κ1) is 23.1. The summed E-state index contributed by atoms with van der Waals surface area (Å²) in [5.74, 6) is 1.59. The summed E-state index contributed by atoms with van der Waals surface area (Å²) in [6.07, 6.45) is 1.95. The molecule has 1 unspecified atom stereocenters. The molecule has 2 aromatic carbocycles. The zero-order chi connectivity index (χ0) is 23.7. The quantitative estimate of drug-likeness (QED) is 0.536. The van der Waals surface area contributed by atoms with E-state index in [4.69, 9.17) is 16.3 Å². The minimum Gasteiger partial charge on any atom is -0.493 e. The van der Waals surface area contributed by atoms with Gasteiger partial charge in [0.1, 0.15) is 16.5 Å². The van der Waals surface area contributed by atoms with Gasteiger partial charge < -0.3 is 14.7 Å². The number of fused-ring (bicyclic) bond motifs is 1. The monoisotopic (exact) mass is 499 g/mol. The van der Waals surface area contributed by atoms with Gasteiger partial charge in [0, 0.05) is 54.7 Å². The summed E-state index contributed by atoms with van der Waals surface area (Å²) in [6.45, 7) is 1.84. The fourth-order valence-corrected chi connectivity index (χ4v) is 6.09. The van der Waals surface area contributed by atoms with E-state index in [9.17, 15) is 13.5 Å². The van der Waals surface area contributed by atoms with Crippen molar-refractivity contribution in [2.24, 2.45) is 5.92 Å². The summed E-state index contributed by atoms with van der Waals surface area (Å²) in [7, 11) is -3.76. The van der Waals surface area contributed by atoms with Crippen LogP contribution in [0.2, 0.25) is 5.02 Å². The van der Waals surface area contributed by atoms with Crippen molar-refractivity contribution in [2.45, 2.75) is 23.3 Å². The molecule has 9 heteroatoms. The van der Waals surface area contributed by atoms with Gasteiger partial charge >= 0.3 is 0 Å². The summed E-state index contributed by atoms with van der Waals surface area (Å²) < 4.78 is 34.5. The summed E-state index contributed by atoms with van der Waals surface area (Å²) in [5, 5.41) is 10.6. The molecular formula is C25H26ClN3O4S. The third-order valence-corrected chi connectivity index (χ3v) is 8.29. The van der Waals surface area contributed by atoms with Crippen molar-refractivity contribution in [2.75, 3.05) is 31.2 Å². The van der Waals surface area contributed by atoms with Gasteiger partial charge in [-0.15, -0.1) is 0 Å². The summed E-state index contributed by atoms with van der Waals surface area (Å²) in [4.78, 5) is 6.65. The minimum absolute atomic E-state index is 0.0571. The molecule has 0 saturated carbocycles. The van der Waals surface area contributed by atoms with Crippen LogP contribution in [0.3, 0.4) is 0 Å². The van der Waals surface area contributed by atoms with Crippen molar-refractivity contribution in [3.8, 4) is 5.75 Å². The maximum absolute atomic E-state index is 13.1. The van der Waals surface area contributed by atoms with Gasteiger partial charge in [-0.25, -0.2) is 18.1 Å². The zero-order valence-electron chi connectivity index (χ0n) is 18.5. The first-order valence-corrected chi connectivity index (χ1v) is 13.1. The van der Waals surface area contributed by atoms with E-state index in [1.807, 2.05) is 48.5 Å². The normalized spacial score (nSPS) is 22.3. The lowest BCUT2D eigenvalue weighted by atomic mass is 9.90. The molecule has 0 aliphatic carbocycles. The van der Waals surface area contributed by atoms with Gasteiger partial charge in [-0.1, -0.05) is 41.9 Å². The number of halogens is 1. The second kappa shape index (κ2) is 9.54. The number of ether oxygens (including phenoxy) is 1. The first-order valence-electron chi connectivity index (χ1n) is 11.3. The van der Waals surface area contributed by atoms with Crippen LogP contribution in [0.5, 0.6) is 5.75 Å². The van der Waals surface area contributed by atoms with Crippen LogP contribution in [0.1, 0.15) is 29.5 Å². The number of aliphatic hydroxyl groups excluding tert-OH is 1. The van der Waals surface area contributed by atoms with E-state index in [0.29, 0.717) is 42.7 Å². The largest absolute Gasteiger partial charge is 0.493 e. The number of nitrogens with zero attached hydrogens (tertiary/aromatic N) is 2. The minimum atomic E-state index is -3.76. The number of nitrogens with one attached hydrogen (secondary N) is 1. The molecule has 7 nitrogen and oxygen atoms in total. The lowest BCUT2D eigenvalue weighted by Crippen LogP contribution is -2.32. The first-order chi connectivity index (χ1) is 16.4. The van der Waals surface area contributed by atoms with Gasteiger partial charge in [0.25, 0.3) is 0 Å². The highest BCUT2D eigenvalue weighted by molar-refractivity contribution is 7.89. The van der Waals surface area contributed by atoms with Crippen LogP contribution in [-0.4, -0.2) is 44.8 Å². The predicted octanol–water partition coefficient (Wildman–Crippen LogP) is 3.75. The zero-order valence-corrected chi connectivity index (χ0v) is 20.0. The molecule has 0 amide bonds. The molecule has 0 spiro atoms. The number of hydrogen-bond donors (Lipinski definition) is 2. The summed E-state index contributed by atoms with van der Waals surface area (Å²) >= 11 is 6.02. The van der Waals surface area contributed by atoms with Gasteiger partial charge in [-0.3, -0.25) is 0 Å². The van der Waals surface area contributed by atoms with E-state index in [2.05, 4.69) is 14.6 Å². The standard InChI is InChI=1S/C25H26ClN3O4S/c26-19-7-5-17(6-8-19)22-15-29(14-18(22)16-30)25-10-9-20(13-27-25)34(31,32)28-23-11-12-33-24-4-2-1-3-21(23)24/h1-10,13,18,22-23,28,30H,11-12,14-16H2/t18-,22-,23?/m0/s1. The van der Waals surface area contributed by atoms with Gasteiger partial charge in [0.15, 0.2) is 0 Å². The number of para-hydroxylation sites is 1. The molecule has 2 aliphatic heterocycles. The fraction of sp³-hybridized carbons (Fsp3) is 0.320. The number of hydrogen-bond acceptors (Lipinski definition) is 6. The number of aliphatic hydroxyl groups is 1. The van der Waals surface area contributed by atoms with Crippen LogP contribution in [0, 0.1) is 5.92 Å². The van der Waals surface area contributed by atoms with E-state index >= 15 is 0 Å². The number of anilines is 1. The summed E-state index contributed by atoms with van der Waals surface area (Å²) in [6, 6.07) is 18.1. The predicted molar refractivity (Wildman–Crippen MR) is 131 cm³/mol. The highest BCUT2D eigenvalue weighted by atomic mass is 35.5. The lowest BCUT2D eigenvalue weighted by Gasteiger charge is -2.26. The second-order valence-electron chi connectivity index (χ2n) is 8.71. The third-order valence-electron chi connectivity index (χ3n) is 6.58. The molecule has 1 aromatic heterocycles. The molecule has 1 saturated heterocycles. The molecule has 3 heterocycles. The number of pyridine rings is 1. The average molecular weight is 500 g/mol. The van der Waals surface area contributed by atoms with Crippen LogP contribution in [-0.2, 0) is 10.0 Å². The Hall–Kier alpha value is -2.65. The van der Waals surface area contributed by atoms with Crippen LogP contribution in [0.4, 0.5) is 5.82 Å². The van der Waals surface area contributed by atoms with Crippen molar-refractivity contribution in [3.05, 3.63) is 83.0 Å². The molecule has 0 bridgehead atoms. The lowest BCUT2D eigenvalue weighted by molar-refractivity contribution is 0.227. The maximum Gasteiger partial charge on any atom is 0.242 e. The molecule has 3 atom stereocenters. The summed E-state index contributed by atoms with van der Waals surface area (Å²) in [5.41, 5.74) is 1.95. The van der Waals surface area contributed by atoms with Crippen molar-refractivity contribution in [1.29, 1.82) is 0 Å². The fourth-order valence-electron chi connectivity index (χ4n) is 4.77. The molecule has 34 heavy (non-hydrogen) atoms. The molecule has 2 N–H and O–H groups in total. The molecule has 5 rings (SSSR count). The Bertz CT molecular complexity index is 1250. The Kier molecular flexibility index (Phi) is 6.48. The van der Waals surface area contributed by atoms with Crippen molar-refractivity contribution in [1.82, 2.24) is 9.71 Å². The average Bonchev–Trinajstić information content (AvgIpc) is 3.29. The molecule has 178 valence electrons. The van der Waals surface area contributed by atoms with E-state index in [1.165, 1.54) is 6.20 Å². The van der Waals surface area contributed by atoms with Crippen LogP contribution in [0.15, 0.2) is 71.8 Å².